The van der Waals surface area contributed by atoms with Gasteiger partial charge in [0.1, 0.15) is 0 Å². The van der Waals surface area contributed by atoms with Crippen LogP contribution in [-0.4, -0.2) is 66.4 Å². The number of carbonyl (C=O) groups excluding carboxylic acids is 2. The van der Waals surface area contributed by atoms with E-state index in [9.17, 15) is 19.7 Å². The molecular weight excluding hydrogens is 338 g/mol. The van der Waals surface area contributed by atoms with E-state index in [1.54, 1.807) is 4.90 Å². The summed E-state index contributed by atoms with van der Waals surface area (Å²) in [6, 6.07) is 5.50. The number of carbonyl (C=O) groups is 2. The fourth-order valence-electron chi connectivity index (χ4n) is 2.58. The van der Waals surface area contributed by atoms with E-state index >= 15 is 0 Å². The quantitative estimate of drug-likeness (QED) is 0.339. The number of benzene rings is 1. The van der Waals surface area contributed by atoms with Crippen LogP contribution < -0.4 is 0 Å². The summed E-state index contributed by atoms with van der Waals surface area (Å²) in [6.07, 6.45) is 0.891. The summed E-state index contributed by atoms with van der Waals surface area (Å²) >= 11 is 0. The second-order valence-corrected chi connectivity index (χ2v) is 5.80. The Labute approximate surface area is 153 Å². The highest BCUT2D eigenvalue weighted by atomic mass is 16.6. The number of hydrogen-bond acceptors (Lipinski definition) is 6. The van der Waals surface area contributed by atoms with Crippen LogP contribution in [0, 0.1) is 10.1 Å². The second kappa shape index (κ2) is 11.2. The highest BCUT2D eigenvalue weighted by Crippen LogP contribution is 2.14. The zero-order valence-electron chi connectivity index (χ0n) is 15.6. The molecule has 0 unspecified atom stereocenters. The fraction of sp³-hybridized carbons (Fsp3) is 0.556. The first-order valence-electron chi connectivity index (χ1n) is 8.75. The standard InChI is InChI=1S/C18H27N3O5/c1-4-19(5-2)12-6-13-20(14-11-17(22)26-3)18(23)15-7-9-16(10-8-15)21(24)25/h7-10H,4-6,11-14H2,1-3H3. The van der Waals surface area contributed by atoms with Gasteiger partial charge >= 0.3 is 5.97 Å². The van der Waals surface area contributed by atoms with Crippen molar-refractivity contribution in [3.05, 3.63) is 39.9 Å². The maximum atomic E-state index is 12.7. The van der Waals surface area contributed by atoms with Gasteiger partial charge in [0.05, 0.1) is 18.5 Å². The van der Waals surface area contributed by atoms with Crippen molar-refractivity contribution < 1.29 is 19.2 Å². The maximum absolute atomic E-state index is 12.7. The summed E-state index contributed by atoms with van der Waals surface area (Å²) in [4.78, 5) is 38.3. The number of nitro benzene ring substituents is 1. The minimum absolute atomic E-state index is 0.0656. The molecule has 1 rings (SSSR count). The van der Waals surface area contributed by atoms with Crippen LogP contribution in [0.3, 0.4) is 0 Å². The van der Waals surface area contributed by atoms with E-state index in [0.29, 0.717) is 12.1 Å². The lowest BCUT2D eigenvalue weighted by molar-refractivity contribution is -0.384. The molecule has 0 radical (unpaired) electrons. The van der Waals surface area contributed by atoms with Gasteiger partial charge < -0.3 is 14.5 Å². The number of ether oxygens (including phenoxy) is 1. The van der Waals surface area contributed by atoms with Crippen molar-refractivity contribution in [2.24, 2.45) is 0 Å². The normalized spacial score (nSPS) is 10.6. The zero-order chi connectivity index (χ0) is 19.5. The smallest absolute Gasteiger partial charge is 0.307 e. The van der Waals surface area contributed by atoms with Crippen molar-refractivity contribution >= 4 is 17.6 Å². The first-order chi connectivity index (χ1) is 12.4. The van der Waals surface area contributed by atoms with Crippen LogP contribution in [0.5, 0.6) is 0 Å². The number of nitro groups is 1. The minimum atomic E-state index is -0.507. The lowest BCUT2D eigenvalue weighted by Gasteiger charge is -2.24. The molecular formula is C18H27N3O5. The van der Waals surface area contributed by atoms with E-state index in [1.165, 1.54) is 31.4 Å². The second-order valence-electron chi connectivity index (χ2n) is 5.80. The Morgan fingerprint density at radius 3 is 2.19 bits per heavy atom. The average molecular weight is 365 g/mol. The first kappa shape index (κ1) is 21.6. The molecule has 1 aromatic carbocycles. The van der Waals surface area contributed by atoms with Crippen molar-refractivity contribution in [2.45, 2.75) is 26.7 Å². The molecule has 1 amide bonds. The van der Waals surface area contributed by atoms with Crippen molar-refractivity contribution in [1.82, 2.24) is 9.80 Å². The Hall–Kier alpha value is -2.48. The Morgan fingerprint density at radius 2 is 1.69 bits per heavy atom. The molecule has 0 aliphatic carbocycles. The molecule has 0 aliphatic heterocycles. The van der Waals surface area contributed by atoms with E-state index in [-0.39, 0.29) is 30.5 Å². The summed E-state index contributed by atoms with van der Waals surface area (Å²) in [7, 11) is 1.31. The number of esters is 1. The van der Waals surface area contributed by atoms with Crippen molar-refractivity contribution in [3.8, 4) is 0 Å². The van der Waals surface area contributed by atoms with E-state index in [2.05, 4.69) is 23.5 Å². The lowest BCUT2D eigenvalue weighted by atomic mass is 10.1. The largest absolute Gasteiger partial charge is 0.469 e. The third-order valence-electron chi connectivity index (χ3n) is 4.22. The molecule has 0 aromatic heterocycles. The van der Waals surface area contributed by atoms with Crippen LogP contribution in [0.2, 0.25) is 0 Å². The lowest BCUT2D eigenvalue weighted by Crippen LogP contribution is -2.36. The van der Waals surface area contributed by atoms with Crippen LogP contribution in [0.15, 0.2) is 24.3 Å². The molecule has 26 heavy (non-hydrogen) atoms. The van der Waals surface area contributed by atoms with Crippen LogP contribution in [-0.2, 0) is 9.53 Å². The Balaban J connectivity index is 2.79. The molecule has 0 atom stereocenters. The topological polar surface area (TPSA) is 93.0 Å². The zero-order valence-corrected chi connectivity index (χ0v) is 15.6. The van der Waals surface area contributed by atoms with Gasteiger partial charge in [-0.25, -0.2) is 0 Å². The van der Waals surface area contributed by atoms with Gasteiger partial charge in [-0.2, -0.15) is 0 Å². The van der Waals surface area contributed by atoms with Crippen molar-refractivity contribution in [2.75, 3.05) is 39.8 Å². The van der Waals surface area contributed by atoms with Gasteiger partial charge in [0.15, 0.2) is 0 Å². The van der Waals surface area contributed by atoms with Crippen LogP contribution in [0.25, 0.3) is 0 Å². The average Bonchev–Trinajstić information content (AvgIpc) is 2.66. The van der Waals surface area contributed by atoms with Gasteiger partial charge in [-0.15, -0.1) is 0 Å². The van der Waals surface area contributed by atoms with E-state index in [4.69, 9.17) is 0 Å². The van der Waals surface area contributed by atoms with Gasteiger partial charge in [-0.3, -0.25) is 19.7 Å². The van der Waals surface area contributed by atoms with Crippen molar-refractivity contribution in [3.63, 3.8) is 0 Å². The Morgan fingerprint density at radius 1 is 1.08 bits per heavy atom. The molecule has 8 nitrogen and oxygen atoms in total. The number of rotatable bonds is 11. The van der Waals surface area contributed by atoms with Gasteiger partial charge in [-0.05, 0) is 38.2 Å². The fourth-order valence-corrected chi connectivity index (χ4v) is 2.58. The monoisotopic (exact) mass is 365 g/mol. The Kier molecular flexibility index (Phi) is 9.29. The number of methoxy groups -OCH3 is 1. The number of amides is 1. The van der Waals surface area contributed by atoms with Gasteiger partial charge in [0.2, 0.25) is 0 Å². The molecule has 1 aromatic rings. The molecule has 0 saturated heterocycles. The SMILES string of the molecule is CCN(CC)CCCN(CCC(=O)OC)C(=O)c1ccc([N+](=O)[O-])cc1. The van der Waals surface area contributed by atoms with Gasteiger partial charge in [0.25, 0.3) is 11.6 Å². The number of non-ortho nitro benzene ring substituents is 1. The van der Waals surface area contributed by atoms with Crippen LogP contribution in [0.4, 0.5) is 5.69 Å². The summed E-state index contributed by atoms with van der Waals surface area (Å²) in [5.74, 6) is -0.626. The molecule has 0 spiro atoms. The Bertz CT molecular complexity index is 599. The molecule has 0 N–H and O–H groups in total. The summed E-state index contributed by atoms with van der Waals surface area (Å²) in [5.41, 5.74) is 0.299. The summed E-state index contributed by atoms with van der Waals surface area (Å²) in [5, 5.41) is 10.7. The third kappa shape index (κ3) is 6.79. The molecule has 0 saturated carbocycles. The van der Waals surface area contributed by atoms with Crippen molar-refractivity contribution in [1.29, 1.82) is 0 Å². The molecule has 0 aliphatic rings. The summed E-state index contributed by atoms with van der Waals surface area (Å²) < 4.78 is 4.65. The van der Waals surface area contributed by atoms with Crippen LogP contribution in [0.1, 0.15) is 37.0 Å². The van der Waals surface area contributed by atoms with Gasteiger partial charge in [0, 0.05) is 30.8 Å². The van der Waals surface area contributed by atoms with E-state index in [1.807, 2.05) is 0 Å². The predicted molar refractivity (Wildman–Crippen MR) is 98.0 cm³/mol. The highest BCUT2D eigenvalue weighted by molar-refractivity contribution is 5.94. The first-order valence-corrected chi connectivity index (χ1v) is 8.75. The number of hydrogen-bond donors (Lipinski definition) is 0. The number of nitrogens with zero attached hydrogens (tertiary/aromatic N) is 3. The molecule has 0 fully saturated rings. The maximum Gasteiger partial charge on any atom is 0.307 e. The van der Waals surface area contributed by atoms with E-state index in [0.717, 1.165) is 26.1 Å². The van der Waals surface area contributed by atoms with E-state index < -0.39 is 4.92 Å². The third-order valence-corrected chi connectivity index (χ3v) is 4.22. The van der Waals surface area contributed by atoms with Gasteiger partial charge in [-0.1, -0.05) is 13.8 Å². The molecule has 0 heterocycles. The minimum Gasteiger partial charge on any atom is -0.469 e. The van der Waals surface area contributed by atoms with Crippen LogP contribution >= 0.6 is 0 Å². The summed E-state index contributed by atoms with van der Waals surface area (Å²) in [6.45, 7) is 7.66. The molecule has 0 bridgehead atoms. The molecule has 144 valence electrons. The highest BCUT2D eigenvalue weighted by Gasteiger charge is 2.18. The predicted octanol–water partition coefficient (Wildman–Crippen LogP) is 2.33. The molecule has 8 heteroatoms.